The molecule has 0 saturated heterocycles. The van der Waals surface area contributed by atoms with Crippen molar-refractivity contribution in [2.75, 3.05) is 0 Å². The molecule has 5 rings (SSSR count). The highest BCUT2D eigenvalue weighted by atomic mass is 16.4. The van der Waals surface area contributed by atoms with Gasteiger partial charge in [0.1, 0.15) is 5.69 Å². The quantitative estimate of drug-likeness (QED) is 0.544. The second kappa shape index (κ2) is 7.83. The second-order valence-electron chi connectivity index (χ2n) is 7.97. The van der Waals surface area contributed by atoms with Crippen molar-refractivity contribution in [3.05, 3.63) is 77.2 Å². The van der Waals surface area contributed by atoms with Crippen molar-refractivity contribution in [2.45, 2.75) is 31.7 Å². The summed E-state index contributed by atoms with van der Waals surface area (Å²) in [4.78, 5) is 23.9. The van der Waals surface area contributed by atoms with Crippen LogP contribution in [0.3, 0.4) is 0 Å². The monoisotopic (exact) mass is 414 g/mol. The van der Waals surface area contributed by atoms with Gasteiger partial charge in [-0.1, -0.05) is 36.4 Å². The third-order valence-corrected chi connectivity index (χ3v) is 6.06. The minimum absolute atomic E-state index is 0.0925. The topological polar surface area (TPSA) is 89.5 Å². The molecule has 0 radical (unpaired) electrons. The van der Waals surface area contributed by atoms with Crippen molar-refractivity contribution < 1.29 is 9.90 Å². The van der Waals surface area contributed by atoms with Gasteiger partial charge in [-0.25, -0.2) is 9.20 Å². The molecule has 3 aromatic heterocycles. The lowest BCUT2D eigenvalue weighted by Crippen LogP contribution is -2.31. The highest BCUT2D eigenvalue weighted by Crippen LogP contribution is 2.35. The van der Waals surface area contributed by atoms with Gasteiger partial charge in [-0.2, -0.15) is 10.2 Å². The molecule has 31 heavy (non-hydrogen) atoms. The number of aromatic nitrogens is 4. The van der Waals surface area contributed by atoms with Gasteiger partial charge < -0.3 is 5.11 Å². The fourth-order valence-electron chi connectivity index (χ4n) is 4.44. The summed E-state index contributed by atoms with van der Waals surface area (Å²) in [6.45, 7) is 0. The van der Waals surface area contributed by atoms with E-state index in [4.69, 9.17) is 10.2 Å². The maximum absolute atomic E-state index is 12.6. The molecule has 0 bridgehead atoms. The lowest BCUT2D eigenvalue weighted by molar-refractivity contribution is -0.143. The zero-order chi connectivity index (χ0) is 21.4. The van der Waals surface area contributed by atoms with Gasteiger partial charge in [-0.3, -0.25) is 9.59 Å². The highest BCUT2D eigenvalue weighted by molar-refractivity contribution is 5.90. The van der Waals surface area contributed by atoms with Crippen molar-refractivity contribution in [1.82, 2.24) is 19.4 Å². The molecule has 0 aliphatic heterocycles. The van der Waals surface area contributed by atoms with Crippen molar-refractivity contribution in [3.63, 3.8) is 0 Å². The summed E-state index contributed by atoms with van der Waals surface area (Å²) in [7, 11) is 0. The maximum atomic E-state index is 12.6. The molecule has 1 saturated carbocycles. The van der Waals surface area contributed by atoms with Crippen LogP contribution in [0.2, 0.25) is 0 Å². The number of carboxylic acid groups (broad SMARTS) is 1. The van der Waals surface area contributed by atoms with Crippen LogP contribution in [0.1, 0.15) is 31.7 Å². The lowest BCUT2D eigenvalue weighted by Gasteiger charge is -2.26. The third kappa shape index (κ3) is 3.52. The fourth-order valence-corrected chi connectivity index (χ4v) is 4.44. The number of fused-ring (bicyclic) bond motifs is 1. The number of carbonyl (C=O) groups is 1. The van der Waals surface area contributed by atoms with Crippen molar-refractivity contribution in [3.8, 4) is 22.5 Å². The van der Waals surface area contributed by atoms with E-state index < -0.39 is 5.97 Å². The molecule has 156 valence electrons. The molecule has 7 heteroatoms. The average molecular weight is 414 g/mol. The first-order valence-electron chi connectivity index (χ1n) is 10.5. The van der Waals surface area contributed by atoms with Crippen LogP contribution in [0.15, 0.2) is 71.7 Å². The molecule has 1 aromatic carbocycles. The van der Waals surface area contributed by atoms with Crippen molar-refractivity contribution >= 4 is 11.5 Å². The van der Waals surface area contributed by atoms with Crippen LogP contribution in [0, 0.1) is 5.92 Å². The minimum Gasteiger partial charge on any atom is -0.481 e. The van der Waals surface area contributed by atoms with Crippen LogP contribution >= 0.6 is 0 Å². The van der Waals surface area contributed by atoms with Crippen LogP contribution < -0.4 is 5.56 Å². The molecule has 1 fully saturated rings. The zero-order valence-electron chi connectivity index (χ0n) is 16.9. The van der Waals surface area contributed by atoms with E-state index in [1.807, 2.05) is 59.2 Å². The van der Waals surface area contributed by atoms with E-state index in [0.29, 0.717) is 31.4 Å². The van der Waals surface area contributed by atoms with E-state index in [1.54, 1.807) is 12.1 Å². The molecular weight excluding hydrogens is 392 g/mol. The molecule has 3 heterocycles. The van der Waals surface area contributed by atoms with Gasteiger partial charge in [0.05, 0.1) is 28.7 Å². The maximum Gasteiger partial charge on any atom is 0.306 e. The van der Waals surface area contributed by atoms with Gasteiger partial charge >= 0.3 is 5.97 Å². The van der Waals surface area contributed by atoms with Gasteiger partial charge in [0.25, 0.3) is 5.56 Å². The molecule has 0 amide bonds. The SMILES string of the molecule is O=C(O)C1CCC(n2nc(-c3c(-c4ccccc4)nn4ccccc34)ccc2=O)CC1. The number of rotatable bonds is 4. The second-order valence-corrected chi connectivity index (χ2v) is 7.97. The molecule has 0 spiro atoms. The largest absolute Gasteiger partial charge is 0.481 e. The van der Waals surface area contributed by atoms with Gasteiger partial charge in [-0.05, 0) is 43.9 Å². The third-order valence-electron chi connectivity index (χ3n) is 6.06. The van der Waals surface area contributed by atoms with Gasteiger partial charge in [0.2, 0.25) is 0 Å². The Kier molecular flexibility index (Phi) is 4.86. The standard InChI is InChI=1S/C24H22N4O3/c29-21-14-13-19(25-28(21)18-11-9-17(10-12-18)24(30)31)22-20-8-4-5-15-27(20)26-23(22)16-6-2-1-3-7-16/h1-8,13-15,17-18H,9-12H2,(H,30,31). The Bertz CT molecular complexity index is 1300. The highest BCUT2D eigenvalue weighted by Gasteiger charge is 2.28. The summed E-state index contributed by atoms with van der Waals surface area (Å²) in [5.41, 5.74) is 4.08. The van der Waals surface area contributed by atoms with Crippen LogP contribution in [-0.2, 0) is 4.79 Å². The Morgan fingerprint density at radius 1 is 0.903 bits per heavy atom. The van der Waals surface area contributed by atoms with Crippen LogP contribution in [0.4, 0.5) is 0 Å². The van der Waals surface area contributed by atoms with Crippen molar-refractivity contribution in [2.24, 2.45) is 5.92 Å². The summed E-state index contributed by atoms with van der Waals surface area (Å²) in [6.07, 6.45) is 4.28. The number of aliphatic carboxylic acids is 1. The number of pyridine rings is 1. The van der Waals surface area contributed by atoms with E-state index in [9.17, 15) is 14.7 Å². The molecule has 0 atom stereocenters. The molecule has 4 aromatic rings. The van der Waals surface area contributed by atoms with Gasteiger partial charge in [-0.15, -0.1) is 0 Å². The Balaban J connectivity index is 1.61. The van der Waals surface area contributed by atoms with E-state index in [2.05, 4.69) is 0 Å². The van der Waals surface area contributed by atoms with E-state index in [1.165, 1.54) is 4.68 Å². The first kappa shape index (κ1) is 19.2. The summed E-state index contributed by atoms with van der Waals surface area (Å²) < 4.78 is 3.36. The fraction of sp³-hybridized carbons (Fsp3) is 0.250. The Morgan fingerprint density at radius 2 is 1.65 bits per heavy atom. The van der Waals surface area contributed by atoms with Crippen LogP contribution in [0.25, 0.3) is 28.0 Å². The number of carboxylic acids is 1. The van der Waals surface area contributed by atoms with Crippen molar-refractivity contribution in [1.29, 1.82) is 0 Å². The smallest absolute Gasteiger partial charge is 0.306 e. The van der Waals surface area contributed by atoms with Crippen LogP contribution in [-0.4, -0.2) is 30.5 Å². The van der Waals surface area contributed by atoms with Crippen LogP contribution in [0.5, 0.6) is 0 Å². The van der Waals surface area contributed by atoms with Gasteiger partial charge in [0.15, 0.2) is 0 Å². The molecule has 1 aliphatic rings. The van der Waals surface area contributed by atoms with E-state index in [0.717, 1.165) is 22.3 Å². The summed E-state index contributed by atoms with van der Waals surface area (Å²) in [5, 5.41) is 18.8. The molecular formula is C24H22N4O3. The van der Waals surface area contributed by atoms with E-state index in [-0.39, 0.29) is 17.5 Å². The number of nitrogens with zero attached hydrogens (tertiary/aromatic N) is 4. The Labute approximate surface area is 178 Å². The molecule has 1 N–H and O–H groups in total. The molecule has 0 unspecified atom stereocenters. The Hall–Kier alpha value is -3.74. The normalized spacial score (nSPS) is 18.8. The predicted octanol–water partition coefficient (Wildman–Crippen LogP) is 4.04. The number of benzene rings is 1. The number of hydrogen-bond donors (Lipinski definition) is 1. The lowest BCUT2D eigenvalue weighted by atomic mass is 9.86. The first-order valence-corrected chi connectivity index (χ1v) is 10.5. The summed E-state index contributed by atoms with van der Waals surface area (Å²) in [5.74, 6) is -1.09. The van der Waals surface area contributed by atoms with Gasteiger partial charge in [0, 0.05) is 17.8 Å². The summed E-state index contributed by atoms with van der Waals surface area (Å²) >= 11 is 0. The average Bonchev–Trinajstić information content (AvgIpc) is 3.20. The first-order chi connectivity index (χ1) is 15.1. The summed E-state index contributed by atoms with van der Waals surface area (Å²) in [6, 6.07) is 19.0. The Morgan fingerprint density at radius 3 is 2.39 bits per heavy atom. The van der Waals surface area contributed by atoms with E-state index >= 15 is 0 Å². The molecule has 1 aliphatic carbocycles. The predicted molar refractivity (Wildman–Crippen MR) is 117 cm³/mol. The number of hydrogen-bond acceptors (Lipinski definition) is 4. The minimum atomic E-state index is -0.758. The molecule has 7 nitrogen and oxygen atoms in total. The zero-order valence-corrected chi connectivity index (χ0v) is 16.9.